The Morgan fingerprint density at radius 1 is 1.28 bits per heavy atom. The van der Waals surface area contributed by atoms with Gasteiger partial charge in [0.1, 0.15) is 5.92 Å². The van der Waals surface area contributed by atoms with Crippen molar-refractivity contribution in [2.45, 2.75) is 25.4 Å². The monoisotopic (exact) mass is 425 g/mol. The molecule has 2 amide bonds. The van der Waals surface area contributed by atoms with Crippen molar-refractivity contribution >= 4 is 29.1 Å². The number of aryl methyl sites for hydroxylation is 1. The van der Waals surface area contributed by atoms with Gasteiger partial charge >= 0.3 is 6.18 Å². The molecule has 1 aliphatic rings. The molecular weight excluding hydrogens is 407 g/mol. The summed E-state index contributed by atoms with van der Waals surface area (Å²) < 4.78 is 38.5. The van der Waals surface area contributed by atoms with Crippen molar-refractivity contribution in [3.63, 3.8) is 0 Å². The molecule has 1 N–H and O–H groups in total. The number of nitrogens with one attached hydrogen (secondary N) is 1. The normalized spacial score (nSPS) is 19.5. The Labute approximate surface area is 170 Å². The maximum absolute atomic E-state index is 12.9. The summed E-state index contributed by atoms with van der Waals surface area (Å²) in [7, 11) is 1.56. The number of pyridine rings is 1. The Balaban J connectivity index is 1.88. The van der Waals surface area contributed by atoms with E-state index in [1.165, 1.54) is 29.3 Å². The smallest absolute Gasteiger partial charge is 0.344 e. The molecule has 1 aromatic heterocycles. The summed E-state index contributed by atoms with van der Waals surface area (Å²) in [5.74, 6) is -2.58. The molecule has 0 bridgehead atoms. The van der Waals surface area contributed by atoms with Crippen LogP contribution in [0.3, 0.4) is 0 Å². The second-order valence-electron chi connectivity index (χ2n) is 6.88. The highest BCUT2D eigenvalue weighted by Gasteiger charge is 2.44. The van der Waals surface area contributed by atoms with Gasteiger partial charge in [-0.3, -0.25) is 14.6 Å². The van der Waals surface area contributed by atoms with Gasteiger partial charge in [0.25, 0.3) is 0 Å². The fraction of sp³-hybridized carbons (Fsp3) is 0.350. The molecule has 154 valence electrons. The summed E-state index contributed by atoms with van der Waals surface area (Å²) in [6.07, 6.45) is -2.37. The number of aromatic nitrogens is 1. The molecule has 0 spiro atoms. The summed E-state index contributed by atoms with van der Waals surface area (Å²) in [4.78, 5) is 31.0. The lowest BCUT2D eigenvalue weighted by atomic mass is 9.87. The Kier molecular flexibility index (Phi) is 5.84. The summed E-state index contributed by atoms with van der Waals surface area (Å²) >= 11 is 6.26. The number of carbonyl (C=O) groups excluding carboxylic acids is 2. The average Bonchev–Trinajstić information content (AvgIpc) is 2.97. The van der Waals surface area contributed by atoms with E-state index in [-0.39, 0.29) is 6.54 Å². The van der Waals surface area contributed by atoms with Gasteiger partial charge in [0, 0.05) is 25.7 Å². The first-order chi connectivity index (χ1) is 13.6. The van der Waals surface area contributed by atoms with E-state index < -0.39 is 35.4 Å². The fourth-order valence-electron chi connectivity index (χ4n) is 3.45. The summed E-state index contributed by atoms with van der Waals surface area (Å²) in [6.45, 7) is 2.10. The first kappa shape index (κ1) is 21.1. The number of hydrogen-bond donors (Lipinski definition) is 1. The number of hydrogen-bond acceptors (Lipinski definition) is 3. The molecular formula is C20H19ClF3N3O2. The standard InChI is InChI=1S/C20H19ClF3N3O2/c1-3-14-17(21)15(8-9-25-14)26-18(28)16-13(10-27(2)19(16)29)11-4-6-12(7-5-11)20(22,23)24/h4-9,13,16H,3,10H2,1-2H3,(H,25,26,28)/t13-,16+/m0/s1. The minimum absolute atomic E-state index is 0.229. The number of anilines is 1. The highest BCUT2D eigenvalue weighted by atomic mass is 35.5. The number of rotatable bonds is 4. The molecule has 0 radical (unpaired) electrons. The second-order valence-corrected chi connectivity index (χ2v) is 7.26. The van der Waals surface area contributed by atoms with Crippen molar-refractivity contribution in [2.75, 3.05) is 18.9 Å². The summed E-state index contributed by atoms with van der Waals surface area (Å²) in [5, 5.41) is 2.97. The average molecular weight is 426 g/mol. The molecule has 1 aromatic carbocycles. The van der Waals surface area contributed by atoms with Gasteiger partial charge in [0.15, 0.2) is 0 Å². The molecule has 3 rings (SSSR count). The zero-order chi connectivity index (χ0) is 21.3. The van der Waals surface area contributed by atoms with Crippen LogP contribution in [0.2, 0.25) is 5.02 Å². The number of nitrogens with zero attached hydrogens (tertiary/aromatic N) is 2. The zero-order valence-electron chi connectivity index (χ0n) is 15.8. The van der Waals surface area contributed by atoms with E-state index in [4.69, 9.17) is 11.6 Å². The van der Waals surface area contributed by atoms with Crippen LogP contribution in [0, 0.1) is 5.92 Å². The van der Waals surface area contributed by atoms with Crippen LogP contribution in [0.1, 0.15) is 29.7 Å². The molecule has 0 unspecified atom stereocenters. The number of halogens is 4. The van der Waals surface area contributed by atoms with E-state index >= 15 is 0 Å². The van der Waals surface area contributed by atoms with E-state index in [9.17, 15) is 22.8 Å². The largest absolute Gasteiger partial charge is 0.416 e. The first-order valence-electron chi connectivity index (χ1n) is 8.99. The third-order valence-corrected chi connectivity index (χ3v) is 5.44. The number of carbonyl (C=O) groups is 2. The van der Waals surface area contributed by atoms with Crippen LogP contribution in [0.4, 0.5) is 18.9 Å². The second kappa shape index (κ2) is 8.02. The van der Waals surface area contributed by atoms with Crippen LogP contribution in [0.15, 0.2) is 36.5 Å². The van der Waals surface area contributed by atoms with Gasteiger partial charge in [-0.05, 0) is 30.2 Å². The van der Waals surface area contributed by atoms with Gasteiger partial charge in [-0.1, -0.05) is 30.7 Å². The van der Waals surface area contributed by atoms with E-state index in [0.29, 0.717) is 28.4 Å². The van der Waals surface area contributed by atoms with Crippen LogP contribution in [0.5, 0.6) is 0 Å². The van der Waals surface area contributed by atoms with Crippen molar-refractivity contribution in [1.82, 2.24) is 9.88 Å². The minimum atomic E-state index is -4.45. The number of likely N-dealkylation sites (N-methyl/N-ethyl adjacent to an activating group) is 1. The lowest BCUT2D eigenvalue weighted by Gasteiger charge is -2.18. The van der Waals surface area contributed by atoms with Crippen molar-refractivity contribution in [3.05, 3.63) is 58.4 Å². The molecule has 0 aliphatic carbocycles. The Hall–Kier alpha value is -2.61. The molecule has 5 nitrogen and oxygen atoms in total. The third kappa shape index (κ3) is 4.22. The molecule has 1 saturated heterocycles. The topological polar surface area (TPSA) is 62.3 Å². The van der Waals surface area contributed by atoms with E-state index in [0.717, 1.165) is 12.1 Å². The van der Waals surface area contributed by atoms with Gasteiger partial charge in [-0.25, -0.2) is 0 Å². The van der Waals surface area contributed by atoms with Crippen molar-refractivity contribution in [2.24, 2.45) is 5.92 Å². The van der Waals surface area contributed by atoms with Crippen molar-refractivity contribution < 1.29 is 22.8 Å². The lowest BCUT2D eigenvalue weighted by molar-refractivity contribution is -0.138. The van der Waals surface area contributed by atoms with Crippen LogP contribution in [-0.4, -0.2) is 35.3 Å². The minimum Gasteiger partial charge on any atom is -0.344 e. The molecule has 2 atom stereocenters. The fourth-order valence-corrected chi connectivity index (χ4v) is 3.75. The predicted octanol–water partition coefficient (Wildman–Crippen LogP) is 4.13. The summed E-state index contributed by atoms with van der Waals surface area (Å²) in [6, 6.07) is 6.08. The van der Waals surface area contributed by atoms with E-state index in [2.05, 4.69) is 10.3 Å². The number of likely N-dealkylation sites (tertiary alicyclic amines) is 1. The number of benzene rings is 1. The van der Waals surface area contributed by atoms with Gasteiger partial charge in [-0.15, -0.1) is 0 Å². The molecule has 1 aliphatic heterocycles. The Bertz CT molecular complexity index is 932. The molecule has 29 heavy (non-hydrogen) atoms. The molecule has 0 saturated carbocycles. The van der Waals surface area contributed by atoms with E-state index in [1.54, 1.807) is 7.05 Å². The molecule has 2 aromatic rings. The first-order valence-corrected chi connectivity index (χ1v) is 9.37. The van der Waals surface area contributed by atoms with Crippen LogP contribution >= 0.6 is 11.6 Å². The van der Waals surface area contributed by atoms with Crippen molar-refractivity contribution in [3.8, 4) is 0 Å². The molecule has 2 heterocycles. The summed E-state index contributed by atoms with van der Waals surface area (Å²) in [5.41, 5.74) is 0.664. The maximum Gasteiger partial charge on any atom is 0.416 e. The van der Waals surface area contributed by atoms with Gasteiger partial charge < -0.3 is 10.2 Å². The predicted molar refractivity (Wildman–Crippen MR) is 103 cm³/mol. The van der Waals surface area contributed by atoms with Gasteiger partial charge in [-0.2, -0.15) is 13.2 Å². The highest BCUT2D eigenvalue weighted by molar-refractivity contribution is 6.34. The zero-order valence-corrected chi connectivity index (χ0v) is 16.5. The number of amides is 2. The third-order valence-electron chi connectivity index (χ3n) is 5.02. The molecule has 9 heteroatoms. The quantitative estimate of drug-likeness (QED) is 0.749. The highest BCUT2D eigenvalue weighted by Crippen LogP contribution is 2.36. The molecule has 1 fully saturated rings. The SMILES string of the molecule is CCc1nccc(NC(=O)[C@@H]2C(=O)N(C)C[C@H]2c2ccc(C(F)(F)F)cc2)c1Cl. The van der Waals surface area contributed by atoms with Gasteiger partial charge in [0.2, 0.25) is 11.8 Å². The Morgan fingerprint density at radius 2 is 1.93 bits per heavy atom. The van der Waals surface area contributed by atoms with Crippen LogP contribution < -0.4 is 5.32 Å². The van der Waals surface area contributed by atoms with Crippen LogP contribution in [-0.2, 0) is 22.2 Å². The Morgan fingerprint density at radius 3 is 2.52 bits per heavy atom. The van der Waals surface area contributed by atoms with Crippen molar-refractivity contribution in [1.29, 1.82) is 0 Å². The van der Waals surface area contributed by atoms with Gasteiger partial charge in [0.05, 0.1) is 22.0 Å². The maximum atomic E-state index is 12.9. The lowest BCUT2D eigenvalue weighted by Crippen LogP contribution is -2.32. The van der Waals surface area contributed by atoms with E-state index in [1.807, 2.05) is 6.92 Å². The number of alkyl halides is 3. The van der Waals surface area contributed by atoms with Crippen LogP contribution in [0.25, 0.3) is 0 Å².